The number of rotatable bonds is 3. The number of allylic oxidation sites excluding steroid dienone is 1. The van der Waals surface area contributed by atoms with E-state index in [1.54, 1.807) is 0 Å². The van der Waals surface area contributed by atoms with Crippen molar-refractivity contribution < 1.29 is 5.11 Å². The summed E-state index contributed by atoms with van der Waals surface area (Å²) in [7, 11) is 0. The lowest BCUT2D eigenvalue weighted by Gasteiger charge is -2.34. The second-order valence-electron chi connectivity index (χ2n) is 4.59. The molecule has 0 aromatic carbocycles. The molecule has 2 atom stereocenters. The van der Waals surface area contributed by atoms with E-state index in [1.807, 2.05) is 6.08 Å². The predicted octanol–water partition coefficient (Wildman–Crippen LogP) is 3.14. The lowest BCUT2D eigenvalue weighted by Crippen LogP contribution is -2.35. The van der Waals surface area contributed by atoms with E-state index in [0.717, 1.165) is 12.8 Å². The van der Waals surface area contributed by atoms with Gasteiger partial charge in [-0.05, 0) is 31.1 Å². The van der Waals surface area contributed by atoms with Gasteiger partial charge in [0, 0.05) is 0 Å². The van der Waals surface area contributed by atoms with Gasteiger partial charge in [0.05, 0.1) is 5.60 Å². The summed E-state index contributed by atoms with van der Waals surface area (Å²) in [5, 5.41) is 10.1. The zero-order valence-electron chi connectivity index (χ0n) is 9.09. The van der Waals surface area contributed by atoms with Gasteiger partial charge in [-0.1, -0.05) is 39.3 Å². The normalized spacial score (nSPS) is 34.1. The van der Waals surface area contributed by atoms with Crippen LogP contribution in [0, 0.1) is 11.8 Å². The Balaban J connectivity index is 2.55. The average molecular weight is 182 g/mol. The zero-order chi connectivity index (χ0) is 9.90. The van der Waals surface area contributed by atoms with Gasteiger partial charge in [0.15, 0.2) is 0 Å². The Morgan fingerprint density at radius 2 is 2.23 bits per heavy atom. The van der Waals surface area contributed by atoms with Gasteiger partial charge in [-0.15, -0.1) is 0 Å². The monoisotopic (exact) mass is 182 g/mol. The van der Waals surface area contributed by atoms with Crippen LogP contribution in [0.4, 0.5) is 0 Å². The Hall–Kier alpha value is -0.300. The minimum atomic E-state index is -0.524. The van der Waals surface area contributed by atoms with Crippen LogP contribution in [0.25, 0.3) is 0 Å². The van der Waals surface area contributed by atoms with E-state index in [-0.39, 0.29) is 0 Å². The van der Waals surface area contributed by atoms with Crippen LogP contribution in [0.3, 0.4) is 0 Å². The van der Waals surface area contributed by atoms with Crippen molar-refractivity contribution in [2.75, 3.05) is 0 Å². The highest BCUT2D eigenvalue weighted by Crippen LogP contribution is 2.33. The molecule has 1 N–H and O–H groups in total. The molecule has 1 heteroatoms. The fourth-order valence-corrected chi connectivity index (χ4v) is 1.99. The molecule has 1 nitrogen and oxygen atoms in total. The van der Waals surface area contributed by atoms with E-state index in [2.05, 4.69) is 26.8 Å². The third-order valence-electron chi connectivity index (χ3n) is 3.23. The smallest absolute Gasteiger partial charge is 0.0850 e. The van der Waals surface area contributed by atoms with Crippen LogP contribution in [0.1, 0.15) is 46.5 Å². The summed E-state index contributed by atoms with van der Waals surface area (Å²) in [5.74, 6) is 1.05. The fourth-order valence-electron chi connectivity index (χ4n) is 1.99. The van der Waals surface area contributed by atoms with Crippen LogP contribution in [-0.4, -0.2) is 10.7 Å². The maximum atomic E-state index is 10.1. The first-order valence-electron chi connectivity index (χ1n) is 5.50. The van der Waals surface area contributed by atoms with E-state index in [0.29, 0.717) is 11.8 Å². The lowest BCUT2D eigenvalue weighted by atomic mass is 9.77. The van der Waals surface area contributed by atoms with Crippen molar-refractivity contribution in [3.05, 3.63) is 12.2 Å². The number of hydrogen-bond acceptors (Lipinski definition) is 1. The van der Waals surface area contributed by atoms with Crippen LogP contribution in [-0.2, 0) is 0 Å². The molecule has 0 radical (unpaired) electrons. The molecule has 0 spiro atoms. The van der Waals surface area contributed by atoms with Gasteiger partial charge in [0.1, 0.15) is 0 Å². The highest BCUT2D eigenvalue weighted by atomic mass is 16.3. The summed E-state index contributed by atoms with van der Waals surface area (Å²) in [4.78, 5) is 0. The first-order chi connectivity index (χ1) is 6.08. The average Bonchev–Trinajstić information content (AvgIpc) is 2.09. The van der Waals surface area contributed by atoms with Crippen molar-refractivity contribution in [3.63, 3.8) is 0 Å². The Labute approximate surface area is 81.9 Å². The summed E-state index contributed by atoms with van der Waals surface area (Å²) in [6.07, 6.45) is 8.85. The van der Waals surface area contributed by atoms with Crippen LogP contribution in [0.2, 0.25) is 0 Å². The van der Waals surface area contributed by atoms with Crippen molar-refractivity contribution in [2.24, 2.45) is 11.8 Å². The van der Waals surface area contributed by atoms with E-state index in [4.69, 9.17) is 0 Å². The Kier molecular flexibility index (Phi) is 3.55. The van der Waals surface area contributed by atoms with E-state index in [9.17, 15) is 5.11 Å². The summed E-state index contributed by atoms with van der Waals surface area (Å²) < 4.78 is 0. The largest absolute Gasteiger partial charge is 0.386 e. The number of hydrogen-bond donors (Lipinski definition) is 1. The quantitative estimate of drug-likeness (QED) is 0.665. The molecule has 0 aromatic rings. The van der Waals surface area contributed by atoms with Crippen LogP contribution in [0.5, 0.6) is 0 Å². The van der Waals surface area contributed by atoms with Gasteiger partial charge in [0.25, 0.3) is 0 Å². The lowest BCUT2D eigenvalue weighted by molar-refractivity contribution is 0.0235. The standard InChI is InChI=1S/C12H22O/c1-4-5-11-6-8-12(13,9-7-11)10(2)3/h6,8,10-11,13H,4-5,7,9H2,1-3H3. The Morgan fingerprint density at radius 3 is 2.62 bits per heavy atom. The van der Waals surface area contributed by atoms with Crippen molar-refractivity contribution in [2.45, 2.75) is 52.1 Å². The van der Waals surface area contributed by atoms with Crippen LogP contribution in [0.15, 0.2) is 12.2 Å². The molecule has 0 amide bonds. The van der Waals surface area contributed by atoms with E-state index >= 15 is 0 Å². The van der Waals surface area contributed by atoms with Crippen LogP contribution < -0.4 is 0 Å². The Morgan fingerprint density at radius 1 is 1.54 bits per heavy atom. The summed E-state index contributed by atoms with van der Waals surface area (Å²) in [5.41, 5.74) is -0.524. The molecule has 1 aliphatic rings. The third kappa shape index (κ3) is 2.57. The van der Waals surface area contributed by atoms with Crippen molar-refractivity contribution in [1.82, 2.24) is 0 Å². The summed E-state index contributed by atoms with van der Waals surface area (Å²) in [6, 6.07) is 0. The summed E-state index contributed by atoms with van der Waals surface area (Å²) in [6.45, 7) is 6.39. The Bertz CT molecular complexity index is 184. The molecular formula is C12H22O. The molecule has 13 heavy (non-hydrogen) atoms. The van der Waals surface area contributed by atoms with Crippen molar-refractivity contribution in [3.8, 4) is 0 Å². The first kappa shape index (κ1) is 10.8. The summed E-state index contributed by atoms with van der Waals surface area (Å²) >= 11 is 0. The maximum absolute atomic E-state index is 10.1. The molecule has 0 saturated heterocycles. The second kappa shape index (κ2) is 4.28. The molecular weight excluding hydrogens is 160 g/mol. The maximum Gasteiger partial charge on any atom is 0.0850 e. The molecule has 0 heterocycles. The van der Waals surface area contributed by atoms with Crippen molar-refractivity contribution in [1.29, 1.82) is 0 Å². The molecule has 0 bridgehead atoms. The van der Waals surface area contributed by atoms with Gasteiger partial charge in [-0.2, -0.15) is 0 Å². The predicted molar refractivity (Wildman–Crippen MR) is 56.6 cm³/mol. The SMILES string of the molecule is CCCC1C=CC(O)(C(C)C)CC1. The van der Waals surface area contributed by atoms with Crippen molar-refractivity contribution >= 4 is 0 Å². The molecule has 1 rings (SSSR count). The van der Waals surface area contributed by atoms with Gasteiger partial charge in [0.2, 0.25) is 0 Å². The second-order valence-corrected chi connectivity index (χ2v) is 4.59. The van der Waals surface area contributed by atoms with Gasteiger partial charge in [-0.3, -0.25) is 0 Å². The number of aliphatic hydroxyl groups is 1. The molecule has 1 aliphatic carbocycles. The minimum absolute atomic E-state index is 0.339. The van der Waals surface area contributed by atoms with E-state index in [1.165, 1.54) is 12.8 Å². The zero-order valence-corrected chi connectivity index (χ0v) is 9.09. The fraction of sp³-hybridized carbons (Fsp3) is 0.833. The first-order valence-corrected chi connectivity index (χ1v) is 5.50. The van der Waals surface area contributed by atoms with Gasteiger partial charge < -0.3 is 5.11 Å². The molecule has 0 fully saturated rings. The van der Waals surface area contributed by atoms with Gasteiger partial charge in [-0.25, -0.2) is 0 Å². The third-order valence-corrected chi connectivity index (χ3v) is 3.23. The molecule has 76 valence electrons. The topological polar surface area (TPSA) is 20.2 Å². The van der Waals surface area contributed by atoms with Gasteiger partial charge >= 0.3 is 0 Å². The van der Waals surface area contributed by atoms with Crippen LogP contribution >= 0.6 is 0 Å². The minimum Gasteiger partial charge on any atom is -0.386 e. The highest BCUT2D eigenvalue weighted by Gasteiger charge is 2.31. The highest BCUT2D eigenvalue weighted by molar-refractivity contribution is 5.08. The van der Waals surface area contributed by atoms with E-state index < -0.39 is 5.60 Å². The molecule has 0 aromatic heterocycles. The molecule has 0 saturated carbocycles. The molecule has 2 unspecified atom stereocenters. The molecule has 0 aliphatic heterocycles.